The van der Waals surface area contributed by atoms with E-state index in [1.165, 1.54) is 0 Å². The summed E-state index contributed by atoms with van der Waals surface area (Å²) < 4.78 is 28.6. The van der Waals surface area contributed by atoms with Gasteiger partial charge in [0.15, 0.2) is 0 Å². The number of nitrogens with zero attached hydrogens (tertiary/aromatic N) is 1. The normalized spacial score (nSPS) is 21.8. The zero-order valence-electron chi connectivity index (χ0n) is 12.8. The van der Waals surface area contributed by atoms with E-state index in [2.05, 4.69) is 5.32 Å². The van der Waals surface area contributed by atoms with Crippen LogP contribution >= 0.6 is 0 Å². The van der Waals surface area contributed by atoms with Crippen molar-refractivity contribution in [1.82, 2.24) is 4.90 Å². The van der Waals surface area contributed by atoms with Crippen molar-refractivity contribution >= 4 is 11.6 Å². The minimum absolute atomic E-state index is 0.00403. The van der Waals surface area contributed by atoms with E-state index in [1.54, 1.807) is 25.9 Å². The minimum atomic E-state index is -1.55. The Labute approximate surface area is 127 Å². The molecule has 1 aromatic rings. The van der Waals surface area contributed by atoms with Crippen molar-refractivity contribution in [2.45, 2.75) is 31.4 Å². The van der Waals surface area contributed by atoms with Crippen LogP contribution in [0.25, 0.3) is 0 Å². The molecule has 0 radical (unpaired) electrons. The predicted octanol–water partition coefficient (Wildman–Crippen LogP) is 0.675. The molecule has 1 aliphatic carbocycles. The Morgan fingerprint density at radius 3 is 2.55 bits per heavy atom. The van der Waals surface area contributed by atoms with Gasteiger partial charge in [0.25, 0.3) is 0 Å². The zero-order valence-corrected chi connectivity index (χ0v) is 12.8. The maximum absolute atomic E-state index is 14.5. The van der Waals surface area contributed by atoms with Crippen molar-refractivity contribution < 1.29 is 23.8 Å². The van der Waals surface area contributed by atoms with Gasteiger partial charge >= 0.3 is 0 Å². The molecule has 0 heterocycles. The fourth-order valence-electron chi connectivity index (χ4n) is 2.49. The first-order chi connectivity index (χ1) is 10.2. The van der Waals surface area contributed by atoms with Crippen LogP contribution < -0.4 is 5.32 Å². The van der Waals surface area contributed by atoms with E-state index in [0.29, 0.717) is 0 Å². The van der Waals surface area contributed by atoms with Crippen molar-refractivity contribution in [3.05, 3.63) is 28.8 Å². The Balaban J connectivity index is 2.32. The van der Waals surface area contributed by atoms with Gasteiger partial charge in [0.2, 0.25) is 5.91 Å². The lowest BCUT2D eigenvalue weighted by atomic mass is 10.0. The highest BCUT2D eigenvalue weighted by molar-refractivity contribution is 5.94. The number of likely N-dealkylation sites (N-methyl/N-ethyl adjacent to an activating group) is 1. The number of halogens is 2. The quantitative estimate of drug-likeness (QED) is 0.764. The number of amides is 1. The van der Waals surface area contributed by atoms with E-state index >= 15 is 0 Å². The van der Waals surface area contributed by atoms with Gasteiger partial charge in [0.1, 0.15) is 11.6 Å². The van der Waals surface area contributed by atoms with Gasteiger partial charge in [0, 0.05) is 18.9 Å². The number of carbonyl (C=O) groups excluding carboxylic acids is 1. The van der Waals surface area contributed by atoms with Crippen LogP contribution in [-0.4, -0.2) is 53.4 Å². The average molecular weight is 314 g/mol. The Morgan fingerprint density at radius 1 is 1.41 bits per heavy atom. The van der Waals surface area contributed by atoms with Crippen LogP contribution in [0, 0.1) is 11.6 Å². The summed E-state index contributed by atoms with van der Waals surface area (Å²) in [4.78, 5) is 13.6. The van der Waals surface area contributed by atoms with Gasteiger partial charge in [0.05, 0.1) is 23.9 Å². The third-order valence-corrected chi connectivity index (χ3v) is 4.14. The van der Waals surface area contributed by atoms with Crippen molar-refractivity contribution in [3.63, 3.8) is 0 Å². The number of benzene rings is 1. The second-order valence-electron chi connectivity index (χ2n) is 6.04. The van der Waals surface area contributed by atoms with E-state index < -0.39 is 35.8 Å². The van der Waals surface area contributed by atoms with Gasteiger partial charge in [-0.15, -0.1) is 0 Å². The SMILES string of the molecule is CC(C(=O)Nc1cc(F)c2c(c1F)CC(O)(CO)C2)N(C)C. The number of anilines is 1. The van der Waals surface area contributed by atoms with Crippen molar-refractivity contribution in [3.8, 4) is 0 Å². The summed E-state index contributed by atoms with van der Waals surface area (Å²) in [5.41, 5.74) is -1.75. The van der Waals surface area contributed by atoms with E-state index in [4.69, 9.17) is 5.11 Å². The fraction of sp³-hybridized carbons (Fsp3) is 0.533. The van der Waals surface area contributed by atoms with Gasteiger partial charge < -0.3 is 15.5 Å². The molecule has 1 aromatic carbocycles. The Kier molecular flexibility index (Phi) is 4.51. The second kappa shape index (κ2) is 5.91. The molecule has 7 heteroatoms. The fourth-order valence-corrected chi connectivity index (χ4v) is 2.49. The molecule has 5 nitrogen and oxygen atoms in total. The van der Waals surface area contributed by atoms with Crippen LogP contribution in [0.2, 0.25) is 0 Å². The zero-order chi connectivity index (χ0) is 16.7. The molecule has 1 aliphatic rings. The number of aliphatic hydroxyl groups is 2. The van der Waals surface area contributed by atoms with Crippen LogP contribution in [-0.2, 0) is 17.6 Å². The standard InChI is InChI=1S/C15H20F2N2O3/c1-8(19(2)3)14(21)18-12-4-11(16)9-5-15(22,7-20)6-10(9)13(12)17/h4,8,20,22H,5-7H2,1-3H3,(H,18,21). The summed E-state index contributed by atoms with van der Waals surface area (Å²) in [6.45, 7) is 1.06. The van der Waals surface area contributed by atoms with Crippen LogP contribution in [0.3, 0.4) is 0 Å². The van der Waals surface area contributed by atoms with Crippen molar-refractivity contribution in [2.24, 2.45) is 0 Å². The Morgan fingerprint density at radius 2 is 2.00 bits per heavy atom. The molecular formula is C15H20F2N2O3. The highest BCUT2D eigenvalue weighted by atomic mass is 19.1. The molecule has 22 heavy (non-hydrogen) atoms. The number of rotatable bonds is 4. The Hall–Kier alpha value is -1.57. The lowest BCUT2D eigenvalue weighted by molar-refractivity contribution is -0.119. The van der Waals surface area contributed by atoms with Crippen LogP contribution in [0.5, 0.6) is 0 Å². The first-order valence-corrected chi connectivity index (χ1v) is 6.99. The monoisotopic (exact) mass is 314 g/mol. The third kappa shape index (κ3) is 2.97. The first-order valence-electron chi connectivity index (χ1n) is 6.99. The number of carbonyl (C=O) groups is 1. The number of hydrogen-bond donors (Lipinski definition) is 3. The predicted molar refractivity (Wildman–Crippen MR) is 77.6 cm³/mol. The molecule has 122 valence electrons. The van der Waals surface area contributed by atoms with E-state index in [-0.39, 0.29) is 29.7 Å². The van der Waals surface area contributed by atoms with Crippen LogP contribution in [0.4, 0.5) is 14.5 Å². The van der Waals surface area contributed by atoms with Crippen LogP contribution in [0.1, 0.15) is 18.1 Å². The summed E-state index contributed by atoms with van der Waals surface area (Å²) in [6.07, 6.45) is -0.335. The molecule has 2 rings (SSSR count). The van der Waals surface area contributed by atoms with Gasteiger partial charge in [-0.3, -0.25) is 9.69 Å². The molecule has 0 saturated heterocycles. The number of nitrogens with one attached hydrogen (secondary N) is 1. The maximum atomic E-state index is 14.5. The molecule has 0 aromatic heterocycles. The number of hydrogen-bond acceptors (Lipinski definition) is 4. The summed E-state index contributed by atoms with van der Waals surface area (Å²) in [7, 11) is 3.40. The number of fused-ring (bicyclic) bond motifs is 1. The van der Waals surface area contributed by atoms with E-state index in [0.717, 1.165) is 6.07 Å². The van der Waals surface area contributed by atoms with E-state index in [9.17, 15) is 18.7 Å². The van der Waals surface area contributed by atoms with Gasteiger partial charge in [-0.05, 0) is 32.1 Å². The molecule has 0 saturated carbocycles. The summed E-state index contributed by atoms with van der Waals surface area (Å²) in [5.74, 6) is -1.92. The molecule has 0 aliphatic heterocycles. The smallest absolute Gasteiger partial charge is 0.241 e. The first kappa shape index (κ1) is 16.8. The second-order valence-corrected chi connectivity index (χ2v) is 6.04. The molecule has 0 bridgehead atoms. The summed E-state index contributed by atoms with van der Waals surface area (Å²) >= 11 is 0. The van der Waals surface area contributed by atoms with Crippen molar-refractivity contribution in [1.29, 1.82) is 0 Å². The van der Waals surface area contributed by atoms with E-state index in [1.807, 2.05) is 0 Å². The minimum Gasteiger partial charge on any atom is -0.393 e. The highest BCUT2D eigenvalue weighted by Crippen LogP contribution is 2.36. The summed E-state index contributed by atoms with van der Waals surface area (Å²) in [5, 5.41) is 21.6. The number of aliphatic hydroxyl groups excluding tert-OH is 1. The third-order valence-electron chi connectivity index (χ3n) is 4.14. The topological polar surface area (TPSA) is 72.8 Å². The van der Waals surface area contributed by atoms with Crippen LogP contribution in [0.15, 0.2) is 6.07 Å². The Bertz CT molecular complexity index is 607. The van der Waals surface area contributed by atoms with Gasteiger partial charge in [-0.25, -0.2) is 8.78 Å². The molecule has 3 N–H and O–H groups in total. The molecule has 2 unspecified atom stereocenters. The highest BCUT2D eigenvalue weighted by Gasteiger charge is 2.39. The largest absolute Gasteiger partial charge is 0.393 e. The van der Waals surface area contributed by atoms with Gasteiger partial charge in [-0.2, -0.15) is 0 Å². The molecule has 1 amide bonds. The summed E-state index contributed by atoms with van der Waals surface area (Å²) in [6, 6.07) is 0.405. The molecule has 2 atom stereocenters. The molecular weight excluding hydrogens is 294 g/mol. The average Bonchev–Trinajstić information content (AvgIpc) is 2.83. The lowest BCUT2D eigenvalue weighted by Crippen LogP contribution is -2.37. The maximum Gasteiger partial charge on any atom is 0.241 e. The lowest BCUT2D eigenvalue weighted by Gasteiger charge is -2.19. The molecule has 0 spiro atoms. The molecule has 0 fully saturated rings. The van der Waals surface area contributed by atoms with Crippen molar-refractivity contribution in [2.75, 3.05) is 26.0 Å². The van der Waals surface area contributed by atoms with Gasteiger partial charge in [-0.1, -0.05) is 0 Å².